The minimum Gasteiger partial charge on any atom is -0.489 e. The maximum Gasteiger partial charge on any atom is 0.413 e. The van der Waals surface area contributed by atoms with Crippen LogP contribution in [0.25, 0.3) is 0 Å². The number of amides is 1. The quantitative estimate of drug-likeness (QED) is 0.570. The monoisotopic (exact) mass is 441 g/mol. The van der Waals surface area contributed by atoms with Crippen molar-refractivity contribution >= 4 is 11.9 Å². The molecule has 0 unspecified atom stereocenters. The minimum atomic E-state index is -0.995. The van der Waals surface area contributed by atoms with Crippen LogP contribution in [0.15, 0.2) is 71.7 Å². The molecule has 1 aliphatic rings. The fraction of sp³-hybridized carbons (Fsp3) is 0.192. The van der Waals surface area contributed by atoms with E-state index >= 15 is 0 Å². The normalized spacial score (nSPS) is 12.7. The van der Waals surface area contributed by atoms with Crippen molar-refractivity contribution in [3.05, 3.63) is 94.5 Å². The number of aryl methyl sites for hydroxylation is 1. The fourth-order valence-electron chi connectivity index (χ4n) is 3.65. The van der Waals surface area contributed by atoms with Crippen molar-refractivity contribution in [2.24, 2.45) is 4.99 Å². The molecular weight excluding hydrogens is 418 g/mol. The molecule has 7 heteroatoms. The summed E-state index contributed by atoms with van der Waals surface area (Å²) in [5.41, 5.74) is 4.51. The predicted molar refractivity (Wildman–Crippen MR) is 124 cm³/mol. The zero-order valence-electron chi connectivity index (χ0n) is 18.2. The van der Waals surface area contributed by atoms with Gasteiger partial charge in [0.05, 0.1) is 24.7 Å². The molecule has 0 spiro atoms. The van der Waals surface area contributed by atoms with Crippen LogP contribution >= 0.6 is 0 Å². The van der Waals surface area contributed by atoms with E-state index in [0.29, 0.717) is 49.2 Å². The zero-order valence-corrected chi connectivity index (χ0v) is 18.2. The molecule has 0 saturated carbocycles. The summed E-state index contributed by atoms with van der Waals surface area (Å²) in [6.07, 6.45) is -0.995. The summed E-state index contributed by atoms with van der Waals surface area (Å²) in [5.74, 6) is 1.87. The lowest BCUT2D eigenvalue weighted by atomic mass is 10.1. The summed E-state index contributed by atoms with van der Waals surface area (Å²) in [4.78, 5) is 16.9. The van der Waals surface area contributed by atoms with Gasteiger partial charge in [-0.25, -0.2) is 4.79 Å². The Morgan fingerprint density at radius 3 is 2.12 bits per heavy atom. The Morgan fingerprint density at radius 1 is 1.00 bits per heavy atom. The van der Waals surface area contributed by atoms with Gasteiger partial charge in [-0.3, -0.25) is 9.89 Å². The Morgan fingerprint density at radius 2 is 1.58 bits per heavy atom. The molecule has 7 nitrogen and oxygen atoms in total. The first-order valence-electron chi connectivity index (χ1n) is 10.5. The molecule has 0 radical (unpaired) electrons. The van der Waals surface area contributed by atoms with Gasteiger partial charge >= 0.3 is 6.09 Å². The highest BCUT2D eigenvalue weighted by Gasteiger charge is 2.24. The molecule has 1 heterocycles. The first-order chi connectivity index (χ1) is 16.0. The van der Waals surface area contributed by atoms with Gasteiger partial charge in [-0.1, -0.05) is 17.7 Å². The third kappa shape index (κ3) is 5.49. The lowest BCUT2D eigenvalue weighted by Gasteiger charge is -2.15. The van der Waals surface area contributed by atoms with Crippen molar-refractivity contribution < 1.29 is 19.4 Å². The van der Waals surface area contributed by atoms with Crippen LogP contribution < -0.4 is 9.47 Å². The van der Waals surface area contributed by atoms with Gasteiger partial charge < -0.3 is 14.6 Å². The Kier molecular flexibility index (Phi) is 6.56. The Hall–Kier alpha value is -4.31. The van der Waals surface area contributed by atoms with Crippen molar-refractivity contribution in [3.63, 3.8) is 0 Å². The van der Waals surface area contributed by atoms with Gasteiger partial charge in [-0.2, -0.15) is 5.26 Å². The van der Waals surface area contributed by atoms with E-state index in [2.05, 4.69) is 23.2 Å². The van der Waals surface area contributed by atoms with E-state index < -0.39 is 6.09 Å². The van der Waals surface area contributed by atoms with Crippen LogP contribution in [0.4, 0.5) is 4.79 Å². The number of ether oxygens (including phenoxy) is 2. The smallest absolute Gasteiger partial charge is 0.413 e. The van der Waals surface area contributed by atoms with Crippen LogP contribution in [-0.2, 0) is 13.2 Å². The second kappa shape index (κ2) is 9.88. The number of carbonyl (C=O) groups is 1. The predicted octanol–water partition coefficient (Wildman–Crippen LogP) is 4.76. The van der Waals surface area contributed by atoms with Crippen molar-refractivity contribution in [3.8, 4) is 17.6 Å². The van der Waals surface area contributed by atoms with Crippen molar-refractivity contribution in [1.29, 1.82) is 5.26 Å². The summed E-state index contributed by atoms with van der Waals surface area (Å²) in [6.45, 7) is 3.70. The molecule has 3 aromatic rings. The van der Waals surface area contributed by atoms with E-state index in [1.165, 1.54) is 4.90 Å². The van der Waals surface area contributed by atoms with Gasteiger partial charge in [-0.15, -0.1) is 0 Å². The molecule has 4 rings (SSSR count). The van der Waals surface area contributed by atoms with Crippen LogP contribution in [0.2, 0.25) is 0 Å². The first-order valence-corrected chi connectivity index (χ1v) is 10.5. The molecule has 0 aliphatic carbocycles. The first kappa shape index (κ1) is 21.9. The van der Waals surface area contributed by atoms with Crippen molar-refractivity contribution in [1.82, 2.24) is 4.90 Å². The number of rotatable bonds is 7. The van der Waals surface area contributed by atoms with Crippen LogP contribution in [0.3, 0.4) is 0 Å². The number of aliphatic imine (C=N–C) groups is 1. The SMILES string of the molecule is Cc1cc(COc2ccc(C#N)cc2)cc(COc2ccc(C3=NCCN3C(=O)O)cc2)c1. The number of carboxylic acid groups (broad SMARTS) is 1. The Bertz CT molecular complexity index is 1210. The number of nitrogens with zero attached hydrogens (tertiary/aromatic N) is 3. The standard InChI is InChI=1S/C26H23N3O4/c1-18-12-20(16-32-23-6-2-19(15-27)3-7-23)14-21(13-18)17-33-24-8-4-22(5-9-24)25-28-10-11-29(25)26(30)31/h2-9,12-14H,10-11,16-17H2,1H3,(H,30,31). The molecule has 1 aliphatic heterocycles. The van der Waals surface area contributed by atoms with E-state index in [1.54, 1.807) is 24.3 Å². The van der Waals surface area contributed by atoms with Gasteiger partial charge in [-0.05, 0) is 72.6 Å². The average Bonchev–Trinajstić information content (AvgIpc) is 3.32. The summed E-state index contributed by atoms with van der Waals surface area (Å²) in [7, 11) is 0. The molecule has 33 heavy (non-hydrogen) atoms. The van der Waals surface area contributed by atoms with Gasteiger partial charge in [0, 0.05) is 5.56 Å². The van der Waals surface area contributed by atoms with E-state index in [1.807, 2.05) is 37.3 Å². The Labute approximate surface area is 192 Å². The van der Waals surface area contributed by atoms with E-state index in [9.17, 15) is 9.90 Å². The second-order valence-electron chi connectivity index (χ2n) is 7.70. The van der Waals surface area contributed by atoms with E-state index in [4.69, 9.17) is 14.7 Å². The summed E-state index contributed by atoms with van der Waals surface area (Å²) >= 11 is 0. The van der Waals surface area contributed by atoms with Crippen LogP contribution in [-0.4, -0.2) is 35.0 Å². The lowest BCUT2D eigenvalue weighted by Crippen LogP contribution is -2.33. The minimum absolute atomic E-state index is 0.382. The highest BCUT2D eigenvalue weighted by Crippen LogP contribution is 2.20. The fourth-order valence-corrected chi connectivity index (χ4v) is 3.65. The topological polar surface area (TPSA) is 95.2 Å². The molecule has 0 aromatic heterocycles. The summed E-state index contributed by atoms with van der Waals surface area (Å²) in [5, 5.41) is 18.2. The third-order valence-electron chi connectivity index (χ3n) is 5.18. The summed E-state index contributed by atoms with van der Waals surface area (Å²) < 4.78 is 11.8. The van der Waals surface area contributed by atoms with Crippen molar-refractivity contribution in [2.45, 2.75) is 20.1 Å². The molecule has 1 N–H and O–H groups in total. The molecule has 166 valence electrons. The van der Waals surface area contributed by atoms with Crippen LogP contribution in [0, 0.1) is 18.3 Å². The van der Waals surface area contributed by atoms with Crippen LogP contribution in [0.1, 0.15) is 27.8 Å². The molecule has 0 atom stereocenters. The molecule has 1 amide bonds. The number of benzene rings is 3. The van der Waals surface area contributed by atoms with E-state index in [0.717, 1.165) is 22.3 Å². The molecule has 0 saturated heterocycles. The molecule has 3 aromatic carbocycles. The zero-order chi connectivity index (χ0) is 23.2. The van der Waals surface area contributed by atoms with Gasteiger partial charge in [0.15, 0.2) is 0 Å². The molecular formula is C26H23N3O4. The van der Waals surface area contributed by atoms with Crippen molar-refractivity contribution in [2.75, 3.05) is 13.1 Å². The summed E-state index contributed by atoms with van der Waals surface area (Å²) in [6, 6.07) is 22.6. The molecule has 0 bridgehead atoms. The molecule has 0 fully saturated rings. The van der Waals surface area contributed by atoms with Gasteiger partial charge in [0.25, 0.3) is 0 Å². The largest absolute Gasteiger partial charge is 0.489 e. The Balaban J connectivity index is 1.36. The third-order valence-corrected chi connectivity index (χ3v) is 5.18. The van der Waals surface area contributed by atoms with Gasteiger partial charge in [0.2, 0.25) is 0 Å². The van der Waals surface area contributed by atoms with Gasteiger partial charge in [0.1, 0.15) is 30.5 Å². The average molecular weight is 441 g/mol. The maximum atomic E-state index is 11.3. The second-order valence-corrected chi connectivity index (χ2v) is 7.70. The number of hydrogen-bond donors (Lipinski definition) is 1. The number of hydrogen-bond acceptors (Lipinski definition) is 5. The number of nitriles is 1. The maximum absolute atomic E-state index is 11.3. The lowest BCUT2D eigenvalue weighted by molar-refractivity contribution is 0.172. The highest BCUT2D eigenvalue weighted by atomic mass is 16.5. The highest BCUT2D eigenvalue weighted by molar-refractivity contribution is 6.07. The number of amidine groups is 1. The van der Waals surface area contributed by atoms with Crippen LogP contribution in [0.5, 0.6) is 11.5 Å². The van der Waals surface area contributed by atoms with E-state index in [-0.39, 0.29) is 0 Å².